The van der Waals surface area contributed by atoms with Gasteiger partial charge in [-0.05, 0) is 65.2 Å². The minimum absolute atomic E-state index is 0.0320. The van der Waals surface area contributed by atoms with Crippen LogP contribution in [0.5, 0.6) is 0 Å². The number of sulfonamides is 1. The van der Waals surface area contributed by atoms with E-state index in [0.29, 0.717) is 6.42 Å². The first-order valence-electron chi connectivity index (χ1n) is 8.10. The third-order valence-electron chi connectivity index (χ3n) is 3.90. The normalized spacial score (nSPS) is 14.8. The van der Waals surface area contributed by atoms with Gasteiger partial charge in [-0.15, -0.1) is 11.3 Å². The largest absolute Gasteiger partial charge is 0.312 e. The maximum Gasteiger partial charge on any atom is 0.250 e. The summed E-state index contributed by atoms with van der Waals surface area (Å²) in [5, 5.41) is 0. The molecular weight excluding hydrogens is 436 g/mol. The van der Waals surface area contributed by atoms with E-state index in [-0.39, 0.29) is 16.7 Å². The average molecular weight is 453 g/mol. The van der Waals surface area contributed by atoms with Crippen molar-refractivity contribution in [1.82, 2.24) is 4.72 Å². The number of thiophene rings is 1. The van der Waals surface area contributed by atoms with Crippen molar-refractivity contribution in [3.8, 4) is 11.8 Å². The fourth-order valence-corrected chi connectivity index (χ4v) is 5.57. The second-order valence-corrected chi connectivity index (χ2v) is 10.2. The van der Waals surface area contributed by atoms with Crippen LogP contribution in [0.3, 0.4) is 0 Å². The molecular formula is C18H17BrN2O3S2. The van der Waals surface area contributed by atoms with Gasteiger partial charge >= 0.3 is 0 Å². The van der Waals surface area contributed by atoms with Crippen LogP contribution in [0.1, 0.15) is 24.8 Å². The van der Waals surface area contributed by atoms with Gasteiger partial charge in [-0.1, -0.05) is 11.8 Å². The number of piperidine rings is 1. The number of benzene rings is 1. The van der Waals surface area contributed by atoms with E-state index < -0.39 is 10.0 Å². The fourth-order valence-electron chi connectivity index (χ4n) is 2.59. The van der Waals surface area contributed by atoms with Crippen LogP contribution in [0, 0.1) is 11.8 Å². The van der Waals surface area contributed by atoms with Gasteiger partial charge in [0.1, 0.15) is 4.21 Å². The van der Waals surface area contributed by atoms with Crippen LogP contribution < -0.4 is 9.62 Å². The molecule has 26 heavy (non-hydrogen) atoms. The molecule has 1 saturated heterocycles. The molecule has 8 heteroatoms. The molecule has 1 aliphatic rings. The van der Waals surface area contributed by atoms with Gasteiger partial charge in [0.05, 0.1) is 10.3 Å². The van der Waals surface area contributed by atoms with Gasteiger partial charge in [0.25, 0.3) is 10.0 Å². The molecule has 3 rings (SSSR count). The van der Waals surface area contributed by atoms with Gasteiger partial charge in [0, 0.05) is 24.2 Å². The van der Waals surface area contributed by atoms with Gasteiger partial charge in [-0.25, -0.2) is 8.42 Å². The van der Waals surface area contributed by atoms with E-state index >= 15 is 0 Å². The monoisotopic (exact) mass is 452 g/mol. The van der Waals surface area contributed by atoms with Crippen LogP contribution in [0.2, 0.25) is 0 Å². The zero-order valence-corrected chi connectivity index (χ0v) is 17.1. The summed E-state index contributed by atoms with van der Waals surface area (Å²) in [6.07, 6.45) is 2.58. The maximum absolute atomic E-state index is 12.1. The van der Waals surface area contributed by atoms with Crippen molar-refractivity contribution in [2.24, 2.45) is 0 Å². The van der Waals surface area contributed by atoms with Crippen LogP contribution in [0.25, 0.3) is 0 Å². The van der Waals surface area contributed by atoms with E-state index in [1.807, 2.05) is 24.3 Å². The predicted molar refractivity (Wildman–Crippen MR) is 107 cm³/mol. The highest BCUT2D eigenvalue weighted by Crippen LogP contribution is 2.25. The van der Waals surface area contributed by atoms with E-state index in [0.717, 1.165) is 45.8 Å². The number of nitrogens with one attached hydrogen (secondary N) is 1. The first-order valence-corrected chi connectivity index (χ1v) is 11.2. The summed E-state index contributed by atoms with van der Waals surface area (Å²) in [5.74, 6) is 5.90. The van der Waals surface area contributed by atoms with Gasteiger partial charge in [-0.2, -0.15) is 4.72 Å². The lowest BCUT2D eigenvalue weighted by Crippen LogP contribution is -2.35. The lowest BCUT2D eigenvalue weighted by atomic mass is 10.1. The third kappa shape index (κ3) is 4.74. The molecule has 2 aromatic rings. The number of halogens is 1. The van der Waals surface area contributed by atoms with Crippen LogP contribution in [-0.4, -0.2) is 27.4 Å². The number of hydrogen-bond donors (Lipinski definition) is 1. The van der Waals surface area contributed by atoms with E-state index in [4.69, 9.17) is 0 Å². The molecule has 1 N–H and O–H groups in total. The molecule has 1 fully saturated rings. The van der Waals surface area contributed by atoms with Crippen LogP contribution in [0.4, 0.5) is 5.69 Å². The lowest BCUT2D eigenvalue weighted by molar-refractivity contribution is -0.119. The molecule has 1 aromatic heterocycles. The zero-order valence-electron chi connectivity index (χ0n) is 13.9. The Hall–Kier alpha value is -1.66. The summed E-state index contributed by atoms with van der Waals surface area (Å²) in [7, 11) is -3.53. The molecule has 0 saturated carbocycles. The van der Waals surface area contributed by atoms with Gasteiger partial charge in [0.2, 0.25) is 5.91 Å². The van der Waals surface area contributed by atoms with Crippen molar-refractivity contribution < 1.29 is 13.2 Å². The Morgan fingerprint density at radius 1 is 1.15 bits per heavy atom. The number of nitrogens with zero attached hydrogens (tertiary/aromatic N) is 1. The molecule has 5 nitrogen and oxygen atoms in total. The van der Waals surface area contributed by atoms with Crippen molar-refractivity contribution in [2.45, 2.75) is 23.5 Å². The van der Waals surface area contributed by atoms with E-state index in [2.05, 4.69) is 32.5 Å². The second-order valence-electron chi connectivity index (χ2n) is 5.73. The summed E-state index contributed by atoms with van der Waals surface area (Å²) in [6.45, 7) is 0.786. The second kappa shape index (κ2) is 8.35. The molecule has 1 aliphatic heterocycles. The number of carbonyl (C=O) groups excluding carboxylic acids is 1. The minimum atomic E-state index is -3.53. The Bertz CT molecular complexity index is 956. The average Bonchev–Trinajstić information content (AvgIpc) is 3.07. The number of anilines is 1. The summed E-state index contributed by atoms with van der Waals surface area (Å²) in [5.41, 5.74) is 1.65. The van der Waals surface area contributed by atoms with Crippen LogP contribution in [-0.2, 0) is 14.8 Å². The third-order valence-corrected chi connectivity index (χ3v) is 7.42. The molecule has 0 radical (unpaired) electrons. The van der Waals surface area contributed by atoms with E-state index in [1.54, 1.807) is 17.0 Å². The Balaban J connectivity index is 1.59. The number of carbonyl (C=O) groups is 1. The lowest BCUT2D eigenvalue weighted by Gasteiger charge is -2.26. The Labute approximate surface area is 165 Å². The molecule has 136 valence electrons. The molecule has 0 atom stereocenters. The molecule has 0 aliphatic carbocycles. The standard InChI is InChI=1S/C18H17BrN2O3S2/c19-16-10-11-18(25-16)26(23,24)20-12-3-4-14-6-8-15(9-7-14)21-13-2-1-5-17(21)22/h6-11,20H,1-2,5,12-13H2. The highest BCUT2D eigenvalue weighted by molar-refractivity contribution is 9.11. The SMILES string of the molecule is O=C1CCCCN1c1ccc(C#CCNS(=O)(=O)c2ccc(Br)s2)cc1. The fraction of sp³-hybridized carbons (Fsp3) is 0.278. The number of hydrogen-bond acceptors (Lipinski definition) is 4. The predicted octanol–water partition coefficient (Wildman–Crippen LogP) is 3.36. The van der Waals surface area contributed by atoms with E-state index in [9.17, 15) is 13.2 Å². The highest BCUT2D eigenvalue weighted by atomic mass is 79.9. The number of rotatable bonds is 4. The van der Waals surface area contributed by atoms with Crippen molar-refractivity contribution in [2.75, 3.05) is 18.0 Å². The van der Waals surface area contributed by atoms with Crippen molar-refractivity contribution in [3.05, 3.63) is 45.7 Å². The van der Waals surface area contributed by atoms with Gasteiger partial charge in [0.15, 0.2) is 0 Å². The number of amides is 1. The quantitative estimate of drug-likeness (QED) is 0.723. The van der Waals surface area contributed by atoms with Crippen molar-refractivity contribution in [1.29, 1.82) is 0 Å². The van der Waals surface area contributed by atoms with Crippen LogP contribution >= 0.6 is 27.3 Å². The Morgan fingerprint density at radius 2 is 1.92 bits per heavy atom. The maximum atomic E-state index is 12.1. The molecule has 1 aromatic carbocycles. The first kappa shape index (κ1) is 19.1. The van der Waals surface area contributed by atoms with Gasteiger partial charge < -0.3 is 4.90 Å². The van der Waals surface area contributed by atoms with Gasteiger partial charge in [-0.3, -0.25) is 4.79 Å². The first-order chi connectivity index (χ1) is 12.5. The van der Waals surface area contributed by atoms with E-state index in [1.165, 1.54) is 0 Å². The van der Waals surface area contributed by atoms with Crippen LogP contribution in [0.15, 0.2) is 44.4 Å². The molecule has 1 amide bonds. The zero-order chi connectivity index (χ0) is 18.6. The summed E-state index contributed by atoms with van der Waals surface area (Å²) in [6, 6.07) is 10.7. The summed E-state index contributed by atoms with van der Waals surface area (Å²) in [4.78, 5) is 13.7. The minimum Gasteiger partial charge on any atom is -0.312 e. The molecule has 0 unspecified atom stereocenters. The molecule has 0 spiro atoms. The molecule has 0 bridgehead atoms. The topological polar surface area (TPSA) is 66.5 Å². The smallest absolute Gasteiger partial charge is 0.250 e. The van der Waals surface area contributed by atoms with Crippen molar-refractivity contribution >= 4 is 48.9 Å². The Kier molecular flexibility index (Phi) is 6.14. The molecule has 2 heterocycles. The van der Waals surface area contributed by atoms with Crippen molar-refractivity contribution in [3.63, 3.8) is 0 Å². The Morgan fingerprint density at radius 3 is 2.58 bits per heavy atom. The summed E-state index contributed by atoms with van der Waals surface area (Å²) < 4.78 is 27.6. The highest BCUT2D eigenvalue weighted by Gasteiger charge is 2.19. The summed E-state index contributed by atoms with van der Waals surface area (Å²) >= 11 is 4.40.